The number of para-hydroxylation sites is 1. The fourth-order valence-corrected chi connectivity index (χ4v) is 3.50. The van der Waals surface area contributed by atoms with Crippen LogP contribution >= 0.6 is 15.9 Å². The predicted octanol–water partition coefficient (Wildman–Crippen LogP) is 4.68. The van der Waals surface area contributed by atoms with E-state index in [4.69, 9.17) is 0 Å². The molecule has 0 aromatic heterocycles. The maximum atomic E-state index is 12.5. The summed E-state index contributed by atoms with van der Waals surface area (Å²) in [6.07, 6.45) is 0. The van der Waals surface area contributed by atoms with Gasteiger partial charge in [-0.2, -0.15) is 0 Å². The first kappa shape index (κ1) is 16.0. The Balaban J connectivity index is 2.40. The highest BCUT2D eigenvalue weighted by molar-refractivity contribution is 9.10. The van der Waals surface area contributed by atoms with Gasteiger partial charge in [-0.05, 0) is 48.2 Å². The topological polar surface area (TPSA) is 46.2 Å². The lowest BCUT2D eigenvalue weighted by Crippen LogP contribution is -2.14. The smallest absolute Gasteiger partial charge is 0.261 e. The van der Waals surface area contributed by atoms with Crippen molar-refractivity contribution in [2.24, 2.45) is 0 Å². The van der Waals surface area contributed by atoms with Crippen LogP contribution in [0.3, 0.4) is 0 Å². The van der Waals surface area contributed by atoms with Crippen LogP contribution in [0.15, 0.2) is 51.8 Å². The number of nitrogens with one attached hydrogen (secondary N) is 1. The predicted molar refractivity (Wildman–Crippen MR) is 90.2 cm³/mol. The average Bonchev–Trinajstić information content (AvgIpc) is 2.41. The van der Waals surface area contributed by atoms with Gasteiger partial charge in [0.2, 0.25) is 0 Å². The second-order valence-corrected chi connectivity index (χ2v) is 7.80. The number of hydrogen-bond donors (Lipinski definition) is 1. The summed E-state index contributed by atoms with van der Waals surface area (Å²) in [5, 5.41) is 0. The van der Waals surface area contributed by atoms with E-state index >= 15 is 0 Å². The second kappa shape index (κ2) is 6.20. The molecule has 21 heavy (non-hydrogen) atoms. The lowest BCUT2D eigenvalue weighted by molar-refractivity contribution is 0.601. The maximum absolute atomic E-state index is 12.5. The standard InChI is InChI=1S/C16H18BrNO2S/c1-11(2)14-6-4-5-7-16(14)18-21(19,20)13-8-9-15(17)12(3)10-13/h4-11,18H,1-3H3. The zero-order valence-corrected chi connectivity index (χ0v) is 14.6. The van der Waals surface area contributed by atoms with E-state index in [9.17, 15) is 8.42 Å². The van der Waals surface area contributed by atoms with Crippen LogP contribution in [0.5, 0.6) is 0 Å². The van der Waals surface area contributed by atoms with Crippen molar-refractivity contribution in [3.8, 4) is 0 Å². The second-order valence-electron chi connectivity index (χ2n) is 5.26. The molecule has 0 aliphatic carbocycles. The van der Waals surface area contributed by atoms with Crippen molar-refractivity contribution in [2.75, 3.05) is 4.72 Å². The summed E-state index contributed by atoms with van der Waals surface area (Å²) in [6, 6.07) is 12.5. The molecule has 0 unspecified atom stereocenters. The monoisotopic (exact) mass is 367 g/mol. The number of benzene rings is 2. The summed E-state index contributed by atoms with van der Waals surface area (Å²) in [5.74, 6) is 0.246. The molecule has 0 aliphatic rings. The Hall–Kier alpha value is -1.33. The summed E-state index contributed by atoms with van der Waals surface area (Å²) >= 11 is 3.38. The third-order valence-corrected chi connectivity index (χ3v) is 5.52. The van der Waals surface area contributed by atoms with E-state index in [1.54, 1.807) is 24.3 Å². The zero-order chi connectivity index (χ0) is 15.6. The van der Waals surface area contributed by atoms with Crippen molar-refractivity contribution >= 4 is 31.6 Å². The summed E-state index contributed by atoms with van der Waals surface area (Å²) in [5.41, 5.74) is 2.50. The number of sulfonamides is 1. The average molecular weight is 368 g/mol. The molecule has 0 spiro atoms. The molecule has 2 aromatic carbocycles. The van der Waals surface area contributed by atoms with Gasteiger partial charge in [0, 0.05) is 4.47 Å². The highest BCUT2D eigenvalue weighted by Crippen LogP contribution is 2.27. The largest absolute Gasteiger partial charge is 0.279 e. The van der Waals surface area contributed by atoms with Crippen LogP contribution in [0.25, 0.3) is 0 Å². The SMILES string of the molecule is Cc1cc(S(=O)(=O)Nc2ccccc2C(C)C)ccc1Br. The molecule has 1 N–H and O–H groups in total. The first-order valence-corrected chi connectivity index (χ1v) is 8.97. The van der Waals surface area contributed by atoms with Gasteiger partial charge in [0.15, 0.2) is 0 Å². The number of aryl methyl sites for hydroxylation is 1. The van der Waals surface area contributed by atoms with E-state index in [2.05, 4.69) is 20.7 Å². The van der Waals surface area contributed by atoms with E-state index < -0.39 is 10.0 Å². The summed E-state index contributed by atoms with van der Waals surface area (Å²) < 4.78 is 28.6. The molecule has 5 heteroatoms. The lowest BCUT2D eigenvalue weighted by Gasteiger charge is -2.15. The zero-order valence-electron chi connectivity index (χ0n) is 12.2. The Labute approximate surface area is 134 Å². The third kappa shape index (κ3) is 3.66. The van der Waals surface area contributed by atoms with Crippen LogP contribution in [0.1, 0.15) is 30.9 Å². The van der Waals surface area contributed by atoms with Gasteiger partial charge in [0.05, 0.1) is 10.6 Å². The third-order valence-electron chi connectivity index (χ3n) is 3.27. The fourth-order valence-electron chi connectivity index (χ4n) is 2.08. The Kier molecular flexibility index (Phi) is 4.74. The van der Waals surface area contributed by atoms with Crippen LogP contribution in [-0.4, -0.2) is 8.42 Å². The summed E-state index contributed by atoms with van der Waals surface area (Å²) in [6.45, 7) is 5.94. The Bertz CT molecular complexity index is 755. The van der Waals surface area contributed by atoms with Crippen molar-refractivity contribution < 1.29 is 8.42 Å². The molecule has 0 radical (unpaired) electrons. The molecule has 2 aromatic rings. The summed E-state index contributed by atoms with van der Waals surface area (Å²) in [7, 11) is -3.58. The molecular formula is C16H18BrNO2S. The molecular weight excluding hydrogens is 350 g/mol. The molecule has 0 saturated carbocycles. The van der Waals surface area contributed by atoms with Crippen LogP contribution < -0.4 is 4.72 Å². The molecule has 0 amide bonds. The molecule has 3 nitrogen and oxygen atoms in total. The van der Waals surface area contributed by atoms with Crippen molar-refractivity contribution in [1.29, 1.82) is 0 Å². The van der Waals surface area contributed by atoms with Crippen molar-refractivity contribution in [3.63, 3.8) is 0 Å². The van der Waals surface area contributed by atoms with E-state index in [0.717, 1.165) is 15.6 Å². The molecule has 0 heterocycles. The molecule has 0 aliphatic heterocycles. The number of halogens is 1. The lowest BCUT2D eigenvalue weighted by atomic mass is 10.0. The van der Waals surface area contributed by atoms with Gasteiger partial charge in [-0.1, -0.05) is 48.0 Å². The number of anilines is 1. The molecule has 0 atom stereocenters. The Morgan fingerprint density at radius 2 is 1.76 bits per heavy atom. The van der Waals surface area contributed by atoms with Gasteiger partial charge in [-0.25, -0.2) is 8.42 Å². The Morgan fingerprint density at radius 1 is 1.10 bits per heavy atom. The highest BCUT2D eigenvalue weighted by atomic mass is 79.9. The molecule has 2 rings (SSSR count). The van der Waals surface area contributed by atoms with E-state index in [0.29, 0.717) is 5.69 Å². The minimum Gasteiger partial charge on any atom is -0.279 e. The van der Waals surface area contributed by atoms with Crippen LogP contribution in [0.4, 0.5) is 5.69 Å². The molecule has 0 bridgehead atoms. The van der Waals surface area contributed by atoms with E-state index in [-0.39, 0.29) is 10.8 Å². The van der Waals surface area contributed by atoms with E-state index in [1.807, 2.05) is 39.0 Å². The van der Waals surface area contributed by atoms with Crippen LogP contribution in [0.2, 0.25) is 0 Å². The normalized spacial score (nSPS) is 11.7. The maximum Gasteiger partial charge on any atom is 0.261 e. The van der Waals surface area contributed by atoms with Crippen molar-refractivity contribution in [2.45, 2.75) is 31.6 Å². The fraction of sp³-hybridized carbons (Fsp3) is 0.250. The highest BCUT2D eigenvalue weighted by Gasteiger charge is 2.17. The van der Waals surface area contributed by atoms with E-state index in [1.165, 1.54) is 0 Å². The first-order chi connectivity index (χ1) is 9.81. The summed E-state index contributed by atoms with van der Waals surface area (Å²) in [4.78, 5) is 0.266. The van der Waals surface area contributed by atoms with Gasteiger partial charge in [0.25, 0.3) is 10.0 Å². The number of rotatable bonds is 4. The van der Waals surface area contributed by atoms with Gasteiger partial charge >= 0.3 is 0 Å². The molecule has 0 fully saturated rings. The minimum atomic E-state index is -3.58. The van der Waals surface area contributed by atoms with Gasteiger partial charge in [-0.15, -0.1) is 0 Å². The number of hydrogen-bond acceptors (Lipinski definition) is 2. The van der Waals surface area contributed by atoms with Gasteiger partial charge in [-0.3, -0.25) is 4.72 Å². The molecule has 0 saturated heterocycles. The Morgan fingerprint density at radius 3 is 2.38 bits per heavy atom. The van der Waals surface area contributed by atoms with Gasteiger partial charge < -0.3 is 0 Å². The van der Waals surface area contributed by atoms with Crippen molar-refractivity contribution in [3.05, 3.63) is 58.1 Å². The minimum absolute atomic E-state index is 0.246. The van der Waals surface area contributed by atoms with Crippen LogP contribution in [0, 0.1) is 6.92 Å². The first-order valence-electron chi connectivity index (χ1n) is 6.69. The van der Waals surface area contributed by atoms with Crippen LogP contribution in [-0.2, 0) is 10.0 Å². The van der Waals surface area contributed by atoms with Gasteiger partial charge in [0.1, 0.15) is 0 Å². The quantitative estimate of drug-likeness (QED) is 0.852. The molecule has 112 valence electrons. The van der Waals surface area contributed by atoms with Crippen molar-refractivity contribution in [1.82, 2.24) is 0 Å².